The normalized spacial score (nSPS) is 11.4. The van der Waals surface area contributed by atoms with Gasteiger partial charge >= 0.3 is 0 Å². The maximum Gasteiger partial charge on any atom is 0.195 e. The minimum absolute atomic E-state index is 0.0719. The number of para-hydroxylation sites is 1. The molecule has 0 atom stereocenters. The average Bonchev–Trinajstić information content (AvgIpc) is 3.02. The second kappa shape index (κ2) is 5.57. The fourth-order valence-electron chi connectivity index (χ4n) is 3.83. The predicted octanol–water partition coefficient (Wildman–Crippen LogP) is 5.72. The number of fused-ring (bicyclic) bond motifs is 3. The number of benzene rings is 4. The first kappa shape index (κ1) is 14.9. The number of nitrogens with zero attached hydrogens (tertiary/aromatic N) is 1. The summed E-state index contributed by atoms with van der Waals surface area (Å²) in [4.78, 5) is 13.4. The zero-order valence-electron chi connectivity index (χ0n) is 14.4. The van der Waals surface area contributed by atoms with Crippen LogP contribution >= 0.6 is 0 Å². The molecular formula is C24H17NO. The van der Waals surface area contributed by atoms with Gasteiger partial charge in [-0.25, -0.2) is 0 Å². The Balaban J connectivity index is 1.77. The molecule has 0 N–H and O–H groups in total. The Morgan fingerprint density at radius 3 is 2.23 bits per heavy atom. The molecule has 0 amide bonds. The Kier molecular flexibility index (Phi) is 3.19. The summed E-state index contributed by atoms with van der Waals surface area (Å²) in [5.41, 5.74) is 2.58. The van der Waals surface area contributed by atoms with Crippen molar-refractivity contribution in [1.29, 1.82) is 0 Å². The molecule has 26 heavy (non-hydrogen) atoms. The SMILES string of the molecule is Cn1cc(C(=O)c2cccc3cc4ccccc4cc23)c2ccccc21. The van der Waals surface area contributed by atoms with Crippen molar-refractivity contribution < 1.29 is 4.79 Å². The highest BCUT2D eigenvalue weighted by Crippen LogP contribution is 2.29. The van der Waals surface area contributed by atoms with Crippen molar-refractivity contribution in [3.63, 3.8) is 0 Å². The summed E-state index contributed by atoms with van der Waals surface area (Å²) in [6, 6.07) is 26.6. The number of carbonyl (C=O) groups is 1. The van der Waals surface area contributed by atoms with Gasteiger partial charge in [0.05, 0.1) is 0 Å². The van der Waals surface area contributed by atoms with Crippen molar-refractivity contribution in [2.75, 3.05) is 0 Å². The maximum atomic E-state index is 13.4. The number of carbonyl (C=O) groups excluding carboxylic acids is 1. The Morgan fingerprint density at radius 2 is 1.38 bits per heavy atom. The maximum absolute atomic E-state index is 13.4. The molecule has 4 aromatic carbocycles. The molecule has 124 valence electrons. The topological polar surface area (TPSA) is 22.0 Å². The minimum Gasteiger partial charge on any atom is -0.350 e. The van der Waals surface area contributed by atoms with E-state index in [1.165, 1.54) is 5.39 Å². The Labute approximate surface area is 151 Å². The molecule has 0 unspecified atom stereocenters. The second-order valence-corrected chi connectivity index (χ2v) is 6.73. The van der Waals surface area contributed by atoms with E-state index in [0.29, 0.717) is 0 Å². The van der Waals surface area contributed by atoms with E-state index in [1.807, 2.05) is 66.3 Å². The molecule has 0 spiro atoms. The van der Waals surface area contributed by atoms with Crippen molar-refractivity contribution in [2.45, 2.75) is 0 Å². The summed E-state index contributed by atoms with van der Waals surface area (Å²) in [6.07, 6.45) is 1.94. The summed E-state index contributed by atoms with van der Waals surface area (Å²) in [5.74, 6) is 0.0719. The smallest absolute Gasteiger partial charge is 0.195 e. The molecule has 0 aliphatic heterocycles. The van der Waals surface area contributed by atoms with Gasteiger partial charge in [0.25, 0.3) is 0 Å². The average molecular weight is 335 g/mol. The number of aromatic nitrogens is 1. The van der Waals surface area contributed by atoms with Crippen LogP contribution in [0.25, 0.3) is 32.4 Å². The first-order valence-electron chi connectivity index (χ1n) is 8.73. The lowest BCUT2D eigenvalue weighted by Crippen LogP contribution is -2.01. The molecule has 0 saturated carbocycles. The van der Waals surface area contributed by atoms with Gasteiger partial charge in [-0.05, 0) is 39.7 Å². The fraction of sp³-hybridized carbons (Fsp3) is 0.0417. The van der Waals surface area contributed by atoms with E-state index in [4.69, 9.17) is 0 Å². The molecule has 0 aliphatic rings. The van der Waals surface area contributed by atoms with E-state index < -0.39 is 0 Å². The highest BCUT2D eigenvalue weighted by molar-refractivity contribution is 6.22. The standard InChI is InChI=1S/C24H17NO/c1-25-15-22(19-10-4-5-12-23(19)25)24(26)20-11-6-9-18-13-16-7-2-3-8-17(16)14-21(18)20/h2-15H,1H3. The molecular weight excluding hydrogens is 318 g/mol. The summed E-state index contributed by atoms with van der Waals surface area (Å²) in [5, 5.41) is 5.43. The Hall–Kier alpha value is -3.39. The molecule has 5 rings (SSSR count). The number of hydrogen-bond donors (Lipinski definition) is 0. The van der Waals surface area contributed by atoms with Crippen LogP contribution in [0.1, 0.15) is 15.9 Å². The fourth-order valence-corrected chi connectivity index (χ4v) is 3.83. The monoisotopic (exact) mass is 335 g/mol. The first-order chi connectivity index (χ1) is 12.7. The van der Waals surface area contributed by atoms with Gasteiger partial charge in [0.15, 0.2) is 5.78 Å². The van der Waals surface area contributed by atoms with Crippen molar-refractivity contribution in [2.24, 2.45) is 7.05 Å². The van der Waals surface area contributed by atoms with Gasteiger partial charge < -0.3 is 4.57 Å². The minimum atomic E-state index is 0.0719. The van der Waals surface area contributed by atoms with Crippen LogP contribution < -0.4 is 0 Å². The molecule has 0 saturated heterocycles. The molecule has 2 heteroatoms. The van der Waals surface area contributed by atoms with E-state index >= 15 is 0 Å². The van der Waals surface area contributed by atoms with Crippen molar-refractivity contribution >= 4 is 38.2 Å². The van der Waals surface area contributed by atoms with Crippen LogP contribution in [-0.2, 0) is 7.05 Å². The van der Waals surface area contributed by atoms with Crippen LogP contribution in [0.15, 0.2) is 85.1 Å². The van der Waals surface area contributed by atoms with Crippen molar-refractivity contribution in [1.82, 2.24) is 4.57 Å². The predicted molar refractivity (Wildman–Crippen MR) is 108 cm³/mol. The highest BCUT2D eigenvalue weighted by atomic mass is 16.1. The molecule has 0 radical (unpaired) electrons. The van der Waals surface area contributed by atoms with E-state index in [9.17, 15) is 4.79 Å². The quantitative estimate of drug-likeness (QED) is 0.299. The molecule has 1 aromatic heterocycles. The van der Waals surface area contributed by atoms with Crippen LogP contribution in [-0.4, -0.2) is 10.4 Å². The summed E-state index contributed by atoms with van der Waals surface area (Å²) in [6.45, 7) is 0. The van der Waals surface area contributed by atoms with Crippen LogP contribution in [0.4, 0.5) is 0 Å². The third kappa shape index (κ3) is 2.16. The number of ketones is 1. The van der Waals surface area contributed by atoms with Crippen molar-refractivity contribution in [3.8, 4) is 0 Å². The molecule has 0 bridgehead atoms. The van der Waals surface area contributed by atoms with Gasteiger partial charge in [0, 0.05) is 35.3 Å². The highest BCUT2D eigenvalue weighted by Gasteiger charge is 2.17. The lowest BCUT2D eigenvalue weighted by molar-refractivity contribution is 0.104. The molecule has 0 aliphatic carbocycles. The summed E-state index contributed by atoms with van der Waals surface area (Å²) in [7, 11) is 1.98. The van der Waals surface area contributed by atoms with Gasteiger partial charge in [0.2, 0.25) is 0 Å². The third-order valence-corrected chi connectivity index (χ3v) is 5.13. The number of rotatable bonds is 2. The van der Waals surface area contributed by atoms with Gasteiger partial charge in [-0.1, -0.05) is 60.7 Å². The lowest BCUT2D eigenvalue weighted by Gasteiger charge is -2.07. The molecule has 5 aromatic rings. The van der Waals surface area contributed by atoms with E-state index in [0.717, 1.165) is 38.2 Å². The van der Waals surface area contributed by atoms with Gasteiger partial charge in [0.1, 0.15) is 0 Å². The molecule has 2 nitrogen and oxygen atoms in total. The summed E-state index contributed by atoms with van der Waals surface area (Å²) >= 11 is 0. The first-order valence-corrected chi connectivity index (χ1v) is 8.73. The van der Waals surface area contributed by atoms with Gasteiger partial charge in [-0.2, -0.15) is 0 Å². The Morgan fingerprint density at radius 1 is 0.692 bits per heavy atom. The van der Waals surface area contributed by atoms with Gasteiger partial charge in [-0.15, -0.1) is 0 Å². The number of hydrogen-bond acceptors (Lipinski definition) is 1. The zero-order valence-corrected chi connectivity index (χ0v) is 14.4. The van der Waals surface area contributed by atoms with Crippen LogP contribution in [0, 0.1) is 0 Å². The molecule has 0 fully saturated rings. The van der Waals surface area contributed by atoms with Crippen LogP contribution in [0.5, 0.6) is 0 Å². The molecule has 1 heterocycles. The number of aryl methyl sites for hydroxylation is 1. The zero-order chi connectivity index (χ0) is 17.7. The summed E-state index contributed by atoms with van der Waals surface area (Å²) < 4.78 is 2.02. The van der Waals surface area contributed by atoms with Crippen LogP contribution in [0.3, 0.4) is 0 Å². The second-order valence-electron chi connectivity index (χ2n) is 6.73. The largest absolute Gasteiger partial charge is 0.350 e. The van der Waals surface area contributed by atoms with Gasteiger partial charge in [-0.3, -0.25) is 4.79 Å². The third-order valence-electron chi connectivity index (χ3n) is 5.13. The van der Waals surface area contributed by atoms with E-state index in [-0.39, 0.29) is 5.78 Å². The lowest BCUT2D eigenvalue weighted by atomic mass is 9.95. The van der Waals surface area contributed by atoms with E-state index in [2.05, 4.69) is 30.3 Å². The Bertz CT molecular complexity index is 1310. The van der Waals surface area contributed by atoms with Crippen LogP contribution in [0.2, 0.25) is 0 Å². The van der Waals surface area contributed by atoms with E-state index in [1.54, 1.807) is 0 Å². The van der Waals surface area contributed by atoms with Crippen molar-refractivity contribution in [3.05, 3.63) is 96.2 Å².